The number of amides is 2. The van der Waals surface area contributed by atoms with Gasteiger partial charge >= 0.3 is 0 Å². The third-order valence-corrected chi connectivity index (χ3v) is 6.02. The number of likely N-dealkylation sites (N-methyl/N-ethyl adjacent to an activating group) is 1. The Labute approximate surface area is 176 Å². The molecule has 6 heteroatoms. The fourth-order valence-electron chi connectivity index (χ4n) is 3.09. The summed E-state index contributed by atoms with van der Waals surface area (Å²) in [7, 11) is 0. The van der Waals surface area contributed by atoms with Crippen molar-refractivity contribution < 1.29 is 9.59 Å². The average molecular weight is 410 g/mol. The Kier molecular flexibility index (Phi) is 7.12. The maximum atomic E-state index is 12.5. The number of aryl methyl sites for hydroxylation is 1. The summed E-state index contributed by atoms with van der Waals surface area (Å²) in [4.78, 5) is 28.8. The van der Waals surface area contributed by atoms with Crippen molar-refractivity contribution in [3.05, 3.63) is 64.1 Å². The number of fused-ring (bicyclic) bond motifs is 1. The van der Waals surface area contributed by atoms with E-state index >= 15 is 0 Å². The molecule has 1 aliphatic heterocycles. The third kappa shape index (κ3) is 5.49. The second-order valence-electron chi connectivity index (χ2n) is 6.97. The molecular weight excluding hydrogens is 382 g/mol. The Hall–Kier alpha value is -2.57. The van der Waals surface area contributed by atoms with Crippen LogP contribution >= 0.6 is 11.8 Å². The van der Waals surface area contributed by atoms with Crippen LogP contribution in [0.25, 0.3) is 6.08 Å². The van der Waals surface area contributed by atoms with Gasteiger partial charge in [0.1, 0.15) is 0 Å². The van der Waals surface area contributed by atoms with Gasteiger partial charge in [0.15, 0.2) is 0 Å². The highest BCUT2D eigenvalue weighted by Crippen LogP contribution is 2.39. The van der Waals surface area contributed by atoms with E-state index in [1.165, 1.54) is 17.3 Å². The first-order valence-corrected chi connectivity index (χ1v) is 10.7. The molecule has 0 bridgehead atoms. The molecule has 1 heterocycles. The highest BCUT2D eigenvalue weighted by Gasteiger charge is 2.22. The summed E-state index contributed by atoms with van der Waals surface area (Å²) in [6, 6.07) is 13.5. The second kappa shape index (κ2) is 9.76. The van der Waals surface area contributed by atoms with Gasteiger partial charge in [0.25, 0.3) is 11.8 Å². The Morgan fingerprint density at radius 3 is 2.55 bits per heavy atom. The summed E-state index contributed by atoms with van der Waals surface area (Å²) in [5, 5.41) is 5.86. The van der Waals surface area contributed by atoms with Crippen molar-refractivity contribution in [1.82, 2.24) is 10.2 Å². The van der Waals surface area contributed by atoms with E-state index in [0.717, 1.165) is 30.1 Å². The van der Waals surface area contributed by atoms with E-state index in [0.29, 0.717) is 22.7 Å². The quantitative estimate of drug-likeness (QED) is 0.675. The van der Waals surface area contributed by atoms with Crippen molar-refractivity contribution in [2.45, 2.75) is 25.7 Å². The molecule has 0 atom stereocenters. The van der Waals surface area contributed by atoms with Gasteiger partial charge in [0.05, 0.1) is 10.6 Å². The van der Waals surface area contributed by atoms with Crippen LogP contribution in [0.5, 0.6) is 0 Å². The molecule has 1 aliphatic rings. The van der Waals surface area contributed by atoms with Crippen LogP contribution in [-0.2, 0) is 4.79 Å². The predicted molar refractivity (Wildman–Crippen MR) is 120 cm³/mol. The molecule has 2 aromatic rings. The Morgan fingerprint density at radius 1 is 1.14 bits per heavy atom. The predicted octanol–water partition coefficient (Wildman–Crippen LogP) is 4.15. The lowest BCUT2D eigenvalue weighted by atomic mass is 10.1. The smallest absolute Gasteiger partial charge is 0.262 e. The van der Waals surface area contributed by atoms with Crippen LogP contribution in [0.1, 0.15) is 35.3 Å². The zero-order chi connectivity index (χ0) is 20.8. The first-order valence-electron chi connectivity index (χ1n) is 9.92. The molecular formula is C23H27N3O2S. The number of hydrogen-bond acceptors (Lipinski definition) is 4. The molecule has 2 N–H and O–H groups in total. The minimum absolute atomic E-state index is 0.125. The highest BCUT2D eigenvalue weighted by molar-refractivity contribution is 8.04. The number of nitrogens with zero attached hydrogens (tertiary/aromatic N) is 1. The van der Waals surface area contributed by atoms with E-state index in [1.807, 2.05) is 43.3 Å². The lowest BCUT2D eigenvalue weighted by molar-refractivity contribution is -0.112. The van der Waals surface area contributed by atoms with Gasteiger partial charge in [0.2, 0.25) is 0 Å². The Balaban J connectivity index is 1.68. The second-order valence-corrected chi connectivity index (χ2v) is 8.05. The van der Waals surface area contributed by atoms with Crippen molar-refractivity contribution in [2.24, 2.45) is 0 Å². The van der Waals surface area contributed by atoms with E-state index in [1.54, 1.807) is 12.1 Å². The fourth-order valence-corrected chi connectivity index (χ4v) is 4.02. The normalized spacial score (nSPS) is 14.6. The number of anilines is 1. The summed E-state index contributed by atoms with van der Waals surface area (Å²) in [5.74, 6) is -0.276. The number of thioether (sulfide) groups is 1. The summed E-state index contributed by atoms with van der Waals surface area (Å²) in [6.07, 6.45) is 1.89. The van der Waals surface area contributed by atoms with Gasteiger partial charge in [-0.15, -0.1) is 0 Å². The number of rotatable bonds is 7. The lowest BCUT2D eigenvalue weighted by Gasteiger charge is -2.20. The molecule has 2 amide bonds. The van der Waals surface area contributed by atoms with E-state index in [2.05, 4.69) is 29.4 Å². The summed E-state index contributed by atoms with van der Waals surface area (Å²) in [5.41, 5.74) is 3.40. The van der Waals surface area contributed by atoms with Crippen molar-refractivity contribution in [1.29, 1.82) is 0 Å². The van der Waals surface area contributed by atoms with Crippen LogP contribution in [-0.4, -0.2) is 42.9 Å². The van der Waals surface area contributed by atoms with E-state index in [-0.39, 0.29) is 11.8 Å². The lowest BCUT2D eigenvalue weighted by Crippen LogP contribution is -2.34. The third-order valence-electron chi connectivity index (χ3n) is 4.92. The van der Waals surface area contributed by atoms with E-state index in [9.17, 15) is 9.59 Å². The first kappa shape index (κ1) is 21.1. The largest absolute Gasteiger partial charge is 0.351 e. The zero-order valence-corrected chi connectivity index (χ0v) is 17.9. The van der Waals surface area contributed by atoms with Crippen LogP contribution in [0.3, 0.4) is 0 Å². The van der Waals surface area contributed by atoms with Gasteiger partial charge in [-0.3, -0.25) is 9.59 Å². The van der Waals surface area contributed by atoms with Gasteiger partial charge in [-0.05, 0) is 49.9 Å². The summed E-state index contributed by atoms with van der Waals surface area (Å²) in [6.45, 7) is 9.60. The maximum absolute atomic E-state index is 12.5. The summed E-state index contributed by atoms with van der Waals surface area (Å²) >= 11 is 1.42. The van der Waals surface area contributed by atoms with Gasteiger partial charge in [0, 0.05) is 23.5 Å². The number of benzene rings is 2. The molecule has 0 saturated heterocycles. The average Bonchev–Trinajstić information content (AvgIpc) is 2.73. The minimum atomic E-state index is -0.151. The number of carbonyl (C=O) groups is 2. The molecule has 0 radical (unpaired) electrons. The van der Waals surface area contributed by atoms with Gasteiger partial charge in [-0.25, -0.2) is 0 Å². The SMILES string of the molecule is CCN(CC)CCNC(=O)c1ccc2c(c1)NC(=O)C(=Cc1ccc(C)cc1)S2. The molecule has 2 aromatic carbocycles. The van der Waals surface area contributed by atoms with Crippen LogP contribution in [0.2, 0.25) is 0 Å². The van der Waals surface area contributed by atoms with Crippen molar-refractivity contribution in [2.75, 3.05) is 31.5 Å². The molecule has 0 unspecified atom stereocenters. The van der Waals surface area contributed by atoms with Crippen LogP contribution in [0.15, 0.2) is 52.3 Å². The molecule has 0 saturated carbocycles. The number of carbonyl (C=O) groups excluding carboxylic acids is 2. The topological polar surface area (TPSA) is 61.4 Å². The fraction of sp³-hybridized carbons (Fsp3) is 0.304. The van der Waals surface area contributed by atoms with E-state index in [4.69, 9.17) is 0 Å². The number of hydrogen-bond donors (Lipinski definition) is 2. The van der Waals surface area contributed by atoms with Crippen LogP contribution in [0.4, 0.5) is 5.69 Å². The molecule has 3 rings (SSSR count). The molecule has 0 aliphatic carbocycles. The van der Waals surface area contributed by atoms with Gasteiger partial charge in [-0.2, -0.15) is 0 Å². The summed E-state index contributed by atoms with van der Waals surface area (Å²) < 4.78 is 0. The van der Waals surface area contributed by atoms with E-state index < -0.39 is 0 Å². The van der Waals surface area contributed by atoms with Gasteiger partial charge in [-0.1, -0.05) is 55.4 Å². The molecule has 5 nitrogen and oxygen atoms in total. The molecule has 152 valence electrons. The Bertz CT molecular complexity index is 918. The zero-order valence-electron chi connectivity index (χ0n) is 17.1. The van der Waals surface area contributed by atoms with Crippen molar-refractivity contribution in [3.63, 3.8) is 0 Å². The molecule has 29 heavy (non-hydrogen) atoms. The van der Waals surface area contributed by atoms with Crippen molar-refractivity contribution in [3.8, 4) is 0 Å². The Morgan fingerprint density at radius 2 is 1.86 bits per heavy atom. The van der Waals surface area contributed by atoms with Gasteiger partial charge < -0.3 is 15.5 Å². The molecule has 0 aromatic heterocycles. The standard InChI is InChI=1S/C23H27N3O2S/c1-4-26(5-2)13-12-24-22(27)18-10-11-20-19(15-18)25-23(28)21(29-20)14-17-8-6-16(3)7-9-17/h6-11,14-15H,4-5,12-13H2,1-3H3,(H,24,27)(H,25,28). The minimum Gasteiger partial charge on any atom is -0.351 e. The molecule has 0 fully saturated rings. The number of nitrogens with one attached hydrogen (secondary N) is 2. The van der Waals surface area contributed by atoms with Crippen molar-refractivity contribution >= 4 is 35.3 Å². The monoisotopic (exact) mass is 409 g/mol. The maximum Gasteiger partial charge on any atom is 0.262 e. The first-order chi connectivity index (χ1) is 14.0. The highest BCUT2D eigenvalue weighted by atomic mass is 32.2. The van der Waals surface area contributed by atoms with Crippen LogP contribution in [0, 0.1) is 6.92 Å². The molecule has 0 spiro atoms. The van der Waals surface area contributed by atoms with Crippen LogP contribution < -0.4 is 10.6 Å².